The highest BCUT2D eigenvalue weighted by Crippen LogP contribution is 2.28. The Morgan fingerprint density at radius 3 is 2.29 bits per heavy atom. The fraction of sp³-hybridized carbons (Fsp3) is 0.579. The van der Waals surface area contributed by atoms with Gasteiger partial charge in [-0.3, -0.25) is 9.59 Å². The van der Waals surface area contributed by atoms with E-state index >= 15 is 0 Å². The predicted molar refractivity (Wildman–Crippen MR) is 95.0 cm³/mol. The second kappa shape index (κ2) is 7.66. The van der Waals surface area contributed by atoms with Crippen LogP contribution in [0.2, 0.25) is 5.02 Å². The van der Waals surface area contributed by atoms with Gasteiger partial charge in [0.1, 0.15) is 0 Å². The number of hydrogen-bond donors (Lipinski definition) is 1. The van der Waals surface area contributed by atoms with Crippen LogP contribution in [0, 0.1) is 11.8 Å². The molecule has 24 heavy (non-hydrogen) atoms. The number of nitrogens with two attached hydrogens (primary N) is 1. The van der Waals surface area contributed by atoms with Crippen LogP contribution in [0.1, 0.15) is 48.9 Å². The number of nitrogens with zero attached hydrogens (tertiary/aromatic N) is 1. The van der Waals surface area contributed by atoms with Crippen molar-refractivity contribution < 1.29 is 9.59 Å². The van der Waals surface area contributed by atoms with Crippen LogP contribution in [0.3, 0.4) is 0 Å². The van der Waals surface area contributed by atoms with Crippen LogP contribution in [0.4, 0.5) is 0 Å². The molecule has 1 saturated carbocycles. The third kappa shape index (κ3) is 3.98. The number of likely N-dealkylation sites (tertiary alicyclic amines) is 1. The molecular formula is C19H25ClN2O2. The Morgan fingerprint density at radius 2 is 1.67 bits per heavy atom. The quantitative estimate of drug-likeness (QED) is 0.852. The molecule has 4 nitrogen and oxygen atoms in total. The number of rotatable bonds is 3. The number of benzene rings is 1. The number of carbonyl (C=O) groups is 2. The van der Waals surface area contributed by atoms with E-state index in [1.807, 2.05) is 4.90 Å². The Morgan fingerprint density at radius 1 is 1.00 bits per heavy atom. The Balaban J connectivity index is 1.54. The van der Waals surface area contributed by atoms with Gasteiger partial charge in [0, 0.05) is 41.6 Å². The lowest BCUT2D eigenvalue weighted by atomic mass is 9.84. The largest absolute Gasteiger partial charge is 0.342 e. The number of Topliss-reactive ketones (excluding diaryl/α,β-unsaturated/α-hetero) is 1. The minimum absolute atomic E-state index is 0.00355. The first-order chi connectivity index (χ1) is 11.5. The van der Waals surface area contributed by atoms with Crippen LogP contribution in [0.15, 0.2) is 24.3 Å². The molecule has 1 saturated heterocycles. The predicted octanol–water partition coefficient (Wildman–Crippen LogP) is 3.28. The molecule has 2 aliphatic rings. The number of hydrogen-bond acceptors (Lipinski definition) is 3. The molecule has 0 aromatic heterocycles. The summed E-state index contributed by atoms with van der Waals surface area (Å²) in [6.45, 7) is 1.35. The SMILES string of the molecule is NC1CCCC(C(=O)N2CCC(C(=O)c3ccc(Cl)cc3)CC2)C1. The van der Waals surface area contributed by atoms with Crippen LogP contribution in [0.25, 0.3) is 0 Å². The lowest BCUT2D eigenvalue weighted by molar-refractivity contribution is -0.138. The monoisotopic (exact) mass is 348 g/mol. The molecule has 5 heteroatoms. The molecule has 1 heterocycles. The van der Waals surface area contributed by atoms with Gasteiger partial charge in [-0.2, -0.15) is 0 Å². The molecule has 1 aliphatic carbocycles. The van der Waals surface area contributed by atoms with Gasteiger partial charge in [-0.05, 0) is 56.4 Å². The van der Waals surface area contributed by atoms with Crippen molar-refractivity contribution >= 4 is 23.3 Å². The second-order valence-electron chi connectivity index (χ2n) is 7.09. The summed E-state index contributed by atoms with van der Waals surface area (Å²) in [4.78, 5) is 27.2. The molecule has 2 unspecified atom stereocenters. The smallest absolute Gasteiger partial charge is 0.225 e. The van der Waals surface area contributed by atoms with E-state index in [4.69, 9.17) is 17.3 Å². The fourth-order valence-corrected chi connectivity index (χ4v) is 4.05. The summed E-state index contributed by atoms with van der Waals surface area (Å²) in [5.41, 5.74) is 6.72. The van der Waals surface area contributed by atoms with Crippen molar-refractivity contribution in [2.75, 3.05) is 13.1 Å². The van der Waals surface area contributed by atoms with Crippen molar-refractivity contribution in [3.8, 4) is 0 Å². The van der Waals surface area contributed by atoms with Crippen LogP contribution >= 0.6 is 11.6 Å². The summed E-state index contributed by atoms with van der Waals surface area (Å²) < 4.78 is 0. The summed E-state index contributed by atoms with van der Waals surface area (Å²) in [6, 6.07) is 7.23. The number of carbonyl (C=O) groups excluding carboxylic acids is 2. The highest BCUT2D eigenvalue weighted by Gasteiger charge is 2.33. The van der Waals surface area contributed by atoms with Crippen LogP contribution in [0.5, 0.6) is 0 Å². The van der Waals surface area contributed by atoms with Crippen LogP contribution in [-0.2, 0) is 4.79 Å². The Labute approximate surface area is 148 Å². The molecular weight excluding hydrogens is 324 g/mol. The first-order valence-electron chi connectivity index (χ1n) is 8.88. The number of halogens is 1. The van der Waals surface area contributed by atoms with Gasteiger partial charge < -0.3 is 10.6 Å². The summed E-state index contributed by atoms with van der Waals surface area (Å²) in [7, 11) is 0. The molecule has 0 spiro atoms. The molecule has 2 fully saturated rings. The Kier molecular flexibility index (Phi) is 5.57. The summed E-state index contributed by atoms with van der Waals surface area (Å²) in [5, 5.41) is 0.637. The van der Waals surface area contributed by atoms with Crippen molar-refractivity contribution in [3.63, 3.8) is 0 Å². The second-order valence-corrected chi connectivity index (χ2v) is 7.53. The molecule has 1 aliphatic heterocycles. The third-order valence-electron chi connectivity index (χ3n) is 5.37. The molecule has 2 N–H and O–H groups in total. The zero-order valence-electron chi connectivity index (χ0n) is 13.9. The van der Waals surface area contributed by atoms with Crippen LogP contribution in [-0.4, -0.2) is 35.7 Å². The van der Waals surface area contributed by atoms with Gasteiger partial charge in [0.25, 0.3) is 0 Å². The topological polar surface area (TPSA) is 63.4 Å². The summed E-state index contributed by atoms with van der Waals surface area (Å²) >= 11 is 5.88. The average molecular weight is 349 g/mol. The Bertz CT molecular complexity index is 594. The van der Waals surface area contributed by atoms with Crippen LogP contribution < -0.4 is 5.73 Å². The highest BCUT2D eigenvalue weighted by molar-refractivity contribution is 6.30. The van der Waals surface area contributed by atoms with Crippen molar-refractivity contribution in [2.24, 2.45) is 17.6 Å². The highest BCUT2D eigenvalue weighted by atomic mass is 35.5. The summed E-state index contributed by atoms with van der Waals surface area (Å²) in [6.07, 6.45) is 5.32. The van der Waals surface area contributed by atoms with E-state index in [1.54, 1.807) is 24.3 Å². The normalized spacial score (nSPS) is 25.5. The van der Waals surface area contributed by atoms with E-state index in [1.165, 1.54) is 0 Å². The lowest BCUT2D eigenvalue weighted by Gasteiger charge is -2.35. The van der Waals surface area contributed by atoms with Crippen molar-refractivity contribution in [1.82, 2.24) is 4.90 Å². The van der Waals surface area contributed by atoms with E-state index in [2.05, 4.69) is 0 Å². The fourth-order valence-electron chi connectivity index (χ4n) is 3.92. The zero-order valence-corrected chi connectivity index (χ0v) is 14.7. The molecule has 1 amide bonds. The van der Waals surface area contributed by atoms with Gasteiger partial charge >= 0.3 is 0 Å². The van der Waals surface area contributed by atoms with Gasteiger partial charge in [0.2, 0.25) is 5.91 Å². The summed E-state index contributed by atoms with van der Waals surface area (Å²) in [5.74, 6) is 0.488. The maximum Gasteiger partial charge on any atom is 0.225 e. The Hall–Kier alpha value is -1.39. The van der Waals surface area contributed by atoms with E-state index in [9.17, 15) is 9.59 Å². The molecule has 130 valence electrons. The van der Waals surface area contributed by atoms with Crippen molar-refractivity contribution in [3.05, 3.63) is 34.9 Å². The van der Waals surface area contributed by atoms with Gasteiger partial charge in [0.15, 0.2) is 5.78 Å². The number of ketones is 1. The van der Waals surface area contributed by atoms with Gasteiger partial charge in [-0.1, -0.05) is 18.0 Å². The maximum atomic E-state index is 12.7. The van der Waals surface area contributed by atoms with Gasteiger partial charge in [-0.25, -0.2) is 0 Å². The van der Waals surface area contributed by atoms with Gasteiger partial charge in [0.05, 0.1) is 0 Å². The third-order valence-corrected chi connectivity index (χ3v) is 5.62. The van der Waals surface area contributed by atoms with E-state index in [0.717, 1.165) is 38.5 Å². The minimum Gasteiger partial charge on any atom is -0.342 e. The average Bonchev–Trinajstić information content (AvgIpc) is 2.61. The van der Waals surface area contributed by atoms with E-state index in [-0.39, 0.29) is 29.6 Å². The maximum absolute atomic E-state index is 12.7. The molecule has 3 rings (SSSR count). The van der Waals surface area contributed by atoms with Crippen molar-refractivity contribution in [1.29, 1.82) is 0 Å². The molecule has 1 aromatic rings. The number of amides is 1. The first kappa shape index (κ1) is 17.4. The number of piperidine rings is 1. The van der Waals surface area contributed by atoms with Gasteiger partial charge in [-0.15, -0.1) is 0 Å². The zero-order chi connectivity index (χ0) is 17.1. The first-order valence-corrected chi connectivity index (χ1v) is 9.26. The van der Waals surface area contributed by atoms with E-state index < -0.39 is 0 Å². The van der Waals surface area contributed by atoms with Crippen molar-refractivity contribution in [2.45, 2.75) is 44.6 Å². The standard InChI is InChI=1S/C19H25ClN2O2/c20-16-6-4-13(5-7-16)18(23)14-8-10-22(11-9-14)19(24)15-2-1-3-17(21)12-15/h4-7,14-15,17H,1-3,8-12,21H2. The van der Waals surface area contributed by atoms with E-state index in [0.29, 0.717) is 23.7 Å². The minimum atomic E-state index is 0.00355. The lowest BCUT2D eigenvalue weighted by Crippen LogP contribution is -2.45. The molecule has 0 radical (unpaired) electrons. The molecule has 2 atom stereocenters. The molecule has 1 aromatic carbocycles. The molecule has 0 bridgehead atoms.